The summed E-state index contributed by atoms with van der Waals surface area (Å²) in [5, 5.41) is 4.65. The molecule has 0 aliphatic carbocycles. The summed E-state index contributed by atoms with van der Waals surface area (Å²) in [6, 6.07) is 10.4. The van der Waals surface area contributed by atoms with Crippen LogP contribution in [0.3, 0.4) is 0 Å². The van der Waals surface area contributed by atoms with Crippen molar-refractivity contribution in [3.8, 4) is 5.75 Å². The molecule has 0 spiro atoms. The van der Waals surface area contributed by atoms with Gasteiger partial charge in [-0.25, -0.2) is 9.97 Å². The van der Waals surface area contributed by atoms with Crippen molar-refractivity contribution in [2.75, 3.05) is 13.2 Å². The second-order valence-corrected chi connectivity index (χ2v) is 6.23. The molecule has 21 heavy (non-hydrogen) atoms. The van der Waals surface area contributed by atoms with Crippen LogP contribution in [0.5, 0.6) is 5.75 Å². The molecule has 2 atom stereocenters. The van der Waals surface area contributed by atoms with E-state index in [1.165, 1.54) is 5.56 Å². The summed E-state index contributed by atoms with van der Waals surface area (Å²) in [4.78, 5) is 8.84. The number of fused-ring (bicyclic) bond motifs is 1. The number of hydrogen-bond acceptors (Lipinski definition) is 5. The van der Waals surface area contributed by atoms with E-state index in [4.69, 9.17) is 4.74 Å². The van der Waals surface area contributed by atoms with Gasteiger partial charge in [0.15, 0.2) is 5.16 Å². The van der Waals surface area contributed by atoms with Crippen LogP contribution in [0.2, 0.25) is 0 Å². The van der Waals surface area contributed by atoms with Crippen LogP contribution in [-0.2, 0) is 0 Å². The Labute approximate surface area is 129 Å². The summed E-state index contributed by atoms with van der Waals surface area (Å²) in [7, 11) is 0. The van der Waals surface area contributed by atoms with Gasteiger partial charge in [-0.05, 0) is 25.6 Å². The summed E-state index contributed by atoms with van der Waals surface area (Å²) in [6.45, 7) is 5.70. The minimum absolute atomic E-state index is 0.258. The van der Waals surface area contributed by atoms with Crippen LogP contribution < -0.4 is 10.1 Å². The highest BCUT2D eigenvalue weighted by Gasteiger charge is 2.31. The van der Waals surface area contributed by atoms with Gasteiger partial charge in [-0.15, -0.1) is 0 Å². The van der Waals surface area contributed by atoms with Gasteiger partial charge in [0.25, 0.3) is 0 Å². The van der Waals surface area contributed by atoms with Crippen LogP contribution in [0.25, 0.3) is 0 Å². The zero-order valence-corrected chi connectivity index (χ0v) is 13.1. The summed E-state index contributed by atoms with van der Waals surface area (Å²) in [5.74, 6) is 0.977. The van der Waals surface area contributed by atoms with E-state index >= 15 is 0 Å². The van der Waals surface area contributed by atoms with E-state index in [9.17, 15) is 0 Å². The molecule has 1 aliphatic heterocycles. The molecule has 1 aromatic heterocycles. The third kappa shape index (κ3) is 3.19. The maximum atomic E-state index is 5.90. The SMILES string of the molecule is CCNC1c2ccccc2OCC1Sc1nccc(C)n1. The molecule has 0 fully saturated rings. The fourth-order valence-corrected chi connectivity index (χ4v) is 3.62. The molecule has 3 rings (SSSR count). The Morgan fingerprint density at radius 3 is 3.00 bits per heavy atom. The van der Waals surface area contributed by atoms with Crippen molar-refractivity contribution in [3.05, 3.63) is 47.8 Å². The molecule has 5 heteroatoms. The van der Waals surface area contributed by atoms with Crippen LogP contribution in [0, 0.1) is 6.92 Å². The van der Waals surface area contributed by atoms with E-state index in [0.717, 1.165) is 23.1 Å². The Morgan fingerprint density at radius 1 is 1.33 bits per heavy atom. The molecule has 1 aromatic carbocycles. The lowest BCUT2D eigenvalue weighted by Crippen LogP contribution is -2.37. The van der Waals surface area contributed by atoms with Crippen molar-refractivity contribution >= 4 is 11.8 Å². The van der Waals surface area contributed by atoms with Crippen LogP contribution >= 0.6 is 11.8 Å². The maximum absolute atomic E-state index is 5.90. The van der Waals surface area contributed by atoms with Gasteiger partial charge in [0.1, 0.15) is 12.4 Å². The van der Waals surface area contributed by atoms with Gasteiger partial charge in [-0.2, -0.15) is 0 Å². The van der Waals surface area contributed by atoms with Gasteiger partial charge < -0.3 is 10.1 Å². The second kappa shape index (κ2) is 6.45. The molecule has 0 bridgehead atoms. The topological polar surface area (TPSA) is 47.0 Å². The number of nitrogens with one attached hydrogen (secondary N) is 1. The van der Waals surface area contributed by atoms with E-state index in [1.807, 2.05) is 31.3 Å². The minimum atomic E-state index is 0.258. The van der Waals surface area contributed by atoms with E-state index < -0.39 is 0 Å². The fraction of sp³-hybridized carbons (Fsp3) is 0.375. The summed E-state index contributed by atoms with van der Waals surface area (Å²) in [6.07, 6.45) is 1.81. The van der Waals surface area contributed by atoms with Crippen molar-refractivity contribution in [1.82, 2.24) is 15.3 Å². The zero-order valence-electron chi connectivity index (χ0n) is 12.2. The Morgan fingerprint density at radius 2 is 2.19 bits per heavy atom. The standard InChI is InChI=1S/C16H19N3OS/c1-3-17-15-12-6-4-5-7-13(12)20-10-14(15)21-16-18-9-8-11(2)19-16/h4-9,14-15,17H,3,10H2,1-2H3. The van der Waals surface area contributed by atoms with Crippen LogP contribution in [0.15, 0.2) is 41.7 Å². The van der Waals surface area contributed by atoms with Crippen molar-refractivity contribution in [3.63, 3.8) is 0 Å². The summed E-state index contributed by atoms with van der Waals surface area (Å²) >= 11 is 1.68. The molecule has 1 N–H and O–H groups in total. The number of thioether (sulfide) groups is 1. The predicted octanol–water partition coefficient (Wildman–Crippen LogP) is 2.99. The molecule has 110 valence electrons. The third-order valence-corrected chi connectivity index (χ3v) is 4.60. The minimum Gasteiger partial charge on any atom is -0.492 e. The molecular formula is C16H19N3OS. The molecular weight excluding hydrogens is 282 g/mol. The number of benzene rings is 1. The van der Waals surface area contributed by atoms with Gasteiger partial charge in [0, 0.05) is 17.5 Å². The average molecular weight is 301 g/mol. The number of ether oxygens (including phenoxy) is 1. The quantitative estimate of drug-likeness (QED) is 0.880. The molecule has 2 aromatic rings. The number of nitrogens with zero attached hydrogens (tertiary/aromatic N) is 2. The smallest absolute Gasteiger partial charge is 0.188 e. The Bertz CT molecular complexity index is 620. The average Bonchev–Trinajstić information content (AvgIpc) is 2.50. The number of hydrogen-bond donors (Lipinski definition) is 1. The van der Waals surface area contributed by atoms with Crippen LogP contribution in [0.4, 0.5) is 0 Å². The Kier molecular flexibility index (Phi) is 4.41. The molecule has 0 amide bonds. The van der Waals surface area contributed by atoms with Crippen molar-refractivity contribution in [2.45, 2.75) is 30.3 Å². The molecule has 1 aliphatic rings. The predicted molar refractivity (Wildman–Crippen MR) is 84.8 cm³/mol. The lowest BCUT2D eigenvalue weighted by molar-refractivity contribution is 0.261. The van der Waals surface area contributed by atoms with Gasteiger partial charge in [-0.1, -0.05) is 36.9 Å². The largest absolute Gasteiger partial charge is 0.492 e. The van der Waals surface area contributed by atoms with Crippen molar-refractivity contribution < 1.29 is 4.74 Å². The number of para-hydroxylation sites is 1. The van der Waals surface area contributed by atoms with E-state index in [2.05, 4.69) is 34.3 Å². The van der Waals surface area contributed by atoms with E-state index in [1.54, 1.807) is 11.8 Å². The van der Waals surface area contributed by atoms with Crippen LogP contribution in [0.1, 0.15) is 24.2 Å². The highest BCUT2D eigenvalue weighted by molar-refractivity contribution is 7.99. The zero-order chi connectivity index (χ0) is 14.7. The third-order valence-electron chi connectivity index (χ3n) is 3.48. The highest BCUT2D eigenvalue weighted by atomic mass is 32.2. The first-order valence-corrected chi connectivity index (χ1v) is 8.07. The first-order chi connectivity index (χ1) is 10.3. The van der Waals surface area contributed by atoms with E-state index in [-0.39, 0.29) is 11.3 Å². The Hall–Kier alpha value is -1.59. The van der Waals surface area contributed by atoms with Gasteiger partial charge in [0.2, 0.25) is 0 Å². The molecule has 0 saturated heterocycles. The van der Waals surface area contributed by atoms with E-state index in [0.29, 0.717) is 6.61 Å². The first-order valence-electron chi connectivity index (χ1n) is 7.19. The first kappa shape index (κ1) is 14.4. The van der Waals surface area contributed by atoms with Gasteiger partial charge >= 0.3 is 0 Å². The molecule has 0 saturated carbocycles. The highest BCUT2D eigenvalue weighted by Crippen LogP contribution is 2.38. The van der Waals surface area contributed by atoms with Crippen molar-refractivity contribution in [2.24, 2.45) is 0 Å². The summed E-state index contributed by atoms with van der Waals surface area (Å²) in [5.41, 5.74) is 2.21. The molecule has 0 radical (unpaired) electrons. The Balaban J connectivity index is 1.85. The van der Waals surface area contributed by atoms with Gasteiger partial charge in [-0.3, -0.25) is 0 Å². The fourth-order valence-electron chi connectivity index (χ4n) is 2.52. The van der Waals surface area contributed by atoms with Gasteiger partial charge in [0.05, 0.1) is 11.3 Å². The number of aromatic nitrogens is 2. The second-order valence-electron chi connectivity index (χ2n) is 5.02. The number of aryl methyl sites for hydroxylation is 1. The lowest BCUT2D eigenvalue weighted by atomic mass is 10.0. The molecule has 2 unspecified atom stereocenters. The van der Waals surface area contributed by atoms with Crippen LogP contribution in [-0.4, -0.2) is 28.4 Å². The molecule has 2 heterocycles. The molecule has 4 nitrogen and oxygen atoms in total. The number of rotatable bonds is 4. The monoisotopic (exact) mass is 301 g/mol. The normalized spacial score (nSPS) is 20.7. The maximum Gasteiger partial charge on any atom is 0.188 e. The summed E-state index contributed by atoms with van der Waals surface area (Å²) < 4.78 is 5.90. The van der Waals surface area contributed by atoms with Crippen molar-refractivity contribution in [1.29, 1.82) is 0 Å². The lowest BCUT2D eigenvalue weighted by Gasteiger charge is -2.33.